The molecule has 0 atom stereocenters. The van der Waals surface area contributed by atoms with Crippen molar-refractivity contribution in [1.82, 2.24) is 0 Å². The third kappa shape index (κ3) is 3.24. The van der Waals surface area contributed by atoms with E-state index in [-0.39, 0.29) is 17.9 Å². The highest BCUT2D eigenvalue weighted by molar-refractivity contribution is 5.82. The molecule has 0 heterocycles. The fourth-order valence-electron chi connectivity index (χ4n) is 1.30. The summed E-state index contributed by atoms with van der Waals surface area (Å²) in [6.07, 6.45) is 1.90. The number of nitro benzene ring substituents is 1. The monoisotopic (exact) mass is 241 g/mol. The van der Waals surface area contributed by atoms with E-state index < -0.39 is 16.4 Å². The first kappa shape index (κ1) is 13.1. The summed E-state index contributed by atoms with van der Waals surface area (Å²) in [5.74, 6) is -0.999. The Morgan fingerprint density at radius 3 is 2.76 bits per heavy atom. The fraction of sp³-hybridized carbons (Fsp3) is 0.364. The molecule has 0 saturated carbocycles. The molecular weight excluding hydrogens is 229 g/mol. The van der Waals surface area contributed by atoms with Gasteiger partial charge in [0.1, 0.15) is 5.82 Å². The maximum Gasteiger partial charge on any atom is 0.314 e. The molecule has 0 amide bonds. The number of ether oxygens (including phenoxy) is 1. The van der Waals surface area contributed by atoms with Crippen molar-refractivity contribution in [3.8, 4) is 5.75 Å². The lowest BCUT2D eigenvalue weighted by Crippen LogP contribution is -2.04. The van der Waals surface area contributed by atoms with Gasteiger partial charge in [-0.25, -0.2) is 4.39 Å². The number of carbonyl (C=O) groups excluding carboxylic acids is 1. The highest BCUT2D eigenvalue weighted by Crippen LogP contribution is 2.31. The zero-order chi connectivity index (χ0) is 12.8. The average molecular weight is 241 g/mol. The molecule has 0 unspecified atom stereocenters. The van der Waals surface area contributed by atoms with Gasteiger partial charge < -0.3 is 4.74 Å². The average Bonchev–Trinajstić information content (AvgIpc) is 2.30. The van der Waals surface area contributed by atoms with Crippen LogP contribution in [0, 0.1) is 15.9 Å². The maximum atomic E-state index is 13.0. The Morgan fingerprint density at radius 1 is 1.53 bits per heavy atom. The molecule has 0 bridgehead atoms. The highest BCUT2D eigenvalue weighted by Gasteiger charge is 2.21. The van der Waals surface area contributed by atoms with Gasteiger partial charge in [0.2, 0.25) is 5.75 Å². The van der Waals surface area contributed by atoms with Gasteiger partial charge in [0, 0.05) is 0 Å². The topological polar surface area (TPSA) is 69.4 Å². The summed E-state index contributed by atoms with van der Waals surface area (Å²) in [7, 11) is 0. The number of nitrogens with zero attached hydrogens (tertiary/aromatic N) is 1. The van der Waals surface area contributed by atoms with Crippen LogP contribution in [0.1, 0.15) is 30.1 Å². The zero-order valence-corrected chi connectivity index (χ0v) is 9.31. The van der Waals surface area contributed by atoms with E-state index >= 15 is 0 Å². The lowest BCUT2D eigenvalue weighted by Gasteiger charge is -2.08. The standard InChI is InChI=1S/C11H12FNO4/c1-2-3-4-17-11-8(7-14)5-9(12)6-10(11)13(15)16/h5-7H,2-4H2,1H3. The normalized spacial score (nSPS) is 10.0. The maximum absolute atomic E-state index is 13.0. The summed E-state index contributed by atoms with van der Waals surface area (Å²) in [6.45, 7) is 2.19. The third-order valence-corrected chi connectivity index (χ3v) is 2.13. The number of unbranched alkanes of at least 4 members (excludes halogenated alkanes) is 1. The Bertz CT molecular complexity index is 434. The van der Waals surface area contributed by atoms with Gasteiger partial charge in [0.15, 0.2) is 6.29 Å². The van der Waals surface area contributed by atoms with E-state index in [0.29, 0.717) is 12.7 Å². The van der Waals surface area contributed by atoms with Crippen LogP contribution in [0.3, 0.4) is 0 Å². The summed E-state index contributed by atoms with van der Waals surface area (Å²) >= 11 is 0. The second-order valence-electron chi connectivity index (χ2n) is 3.42. The minimum Gasteiger partial charge on any atom is -0.486 e. The first-order valence-electron chi connectivity index (χ1n) is 5.16. The summed E-state index contributed by atoms with van der Waals surface area (Å²) in [4.78, 5) is 20.7. The first-order chi connectivity index (χ1) is 8.10. The second kappa shape index (κ2) is 5.93. The van der Waals surface area contributed by atoms with Crippen LogP contribution in [0.2, 0.25) is 0 Å². The molecule has 0 spiro atoms. The van der Waals surface area contributed by atoms with Gasteiger partial charge in [-0.1, -0.05) is 13.3 Å². The molecule has 5 nitrogen and oxygen atoms in total. The van der Waals surface area contributed by atoms with Gasteiger partial charge in [-0.15, -0.1) is 0 Å². The molecule has 92 valence electrons. The molecule has 17 heavy (non-hydrogen) atoms. The van der Waals surface area contributed by atoms with E-state index in [2.05, 4.69) is 0 Å². The van der Waals surface area contributed by atoms with Crippen molar-refractivity contribution in [3.05, 3.63) is 33.6 Å². The predicted octanol–water partition coefficient (Wildman–Crippen LogP) is 2.73. The largest absolute Gasteiger partial charge is 0.486 e. The number of halogens is 1. The van der Waals surface area contributed by atoms with E-state index in [1.807, 2.05) is 6.92 Å². The Kier molecular flexibility index (Phi) is 4.56. The molecule has 0 aliphatic heterocycles. The quantitative estimate of drug-likeness (QED) is 0.332. The lowest BCUT2D eigenvalue weighted by atomic mass is 10.2. The SMILES string of the molecule is CCCCOc1c(C=O)cc(F)cc1[N+](=O)[O-]. The molecule has 1 aromatic rings. The van der Waals surface area contributed by atoms with Gasteiger partial charge in [-0.3, -0.25) is 14.9 Å². The van der Waals surface area contributed by atoms with Crippen LogP contribution in [0.25, 0.3) is 0 Å². The second-order valence-corrected chi connectivity index (χ2v) is 3.42. The third-order valence-electron chi connectivity index (χ3n) is 2.13. The molecule has 1 aromatic carbocycles. The van der Waals surface area contributed by atoms with Crippen LogP contribution in [0.15, 0.2) is 12.1 Å². The number of carbonyl (C=O) groups is 1. The van der Waals surface area contributed by atoms with E-state index in [1.165, 1.54) is 0 Å². The first-order valence-corrected chi connectivity index (χ1v) is 5.16. The van der Waals surface area contributed by atoms with Crippen molar-refractivity contribution in [2.24, 2.45) is 0 Å². The van der Waals surface area contributed by atoms with E-state index in [0.717, 1.165) is 18.6 Å². The number of nitro groups is 1. The van der Waals surface area contributed by atoms with Crippen LogP contribution in [-0.4, -0.2) is 17.8 Å². The fourth-order valence-corrected chi connectivity index (χ4v) is 1.30. The molecule has 0 N–H and O–H groups in total. The van der Waals surface area contributed by atoms with Crippen molar-refractivity contribution < 1.29 is 18.8 Å². The molecular formula is C11H12FNO4. The van der Waals surface area contributed by atoms with Crippen LogP contribution in [0.4, 0.5) is 10.1 Å². The van der Waals surface area contributed by atoms with E-state index in [4.69, 9.17) is 4.74 Å². The molecule has 0 fully saturated rings. The Balaban J connectivity index is 3.12. The van der Waals surface area contributed by atoms with E-state index in [1.54, 1.807) is 0 Å². The molecule has 6 heteroatoms. The Hall–Kier alpha value is -1.98. The van der Waals surface area contributed by atoms with Gasteiger partial charge in [0.05, 0.1) is 23.2 Å². The number of aldehydes is 1. The summed E-state index contributed by atoms with van der Waals surface area (Å²) in [5, 5.41) is 10.7. The summed E-state index contributed by atoms with van der Waals surface area (Å²) < 4.78 is 18.2. The molecule has 0 aromatic heterocycles. The highest BCUT2D eigenvalue weighted by atomic mass is 19.1. The van der Waals surface area contributed by atoms with Crippen molar-refractivity contribution in [3.63, 3.8) is 0 Å². The van der Waals surface area contributed by atoms with Crippen molar-refractivity contribution >= 4 is 12.0 Å². The number of rotatable bonds is 6. The van der Waals surface area contributed by atoms with Crippen molar-refractivity contribution in [2.75, 3.05) is 6.61 Å². The van der Waals surface area contributed by atoms with Gasteiger partial charge >= 0.3 is 5.69 Å². The Labute approximate surface area is 97.3 Å². The summed E-state index contributed by atoms with van der Waals surface area (Å²) in [5.41, 5.74) is -0.670. The summed E-state index contributed by atoms with van der Waals surface area (Å²) in [6, 6.07) is 1.66. The molecule has 0 radical (unpaired) electrons. The minimum atomic E-state index is -0.832. The molecule has 0 saturated heterocycles. The van der Waals surface area contributed by atoms with Gasteiger partial charge in [0.25, 0.3) is 0 Å². The van der Waals surface area contributed by atoms with Crippen molar-refractivity contribution in [2.45, 2.75) is 19.8 Å². The van der Waals surface area contributed by atoms with Crippen LogP contribution < -0.4 is 4.74 Å². The van der Waals surface area contributed by atoms with Crippen LogP contribution >= 0.6 is 0 Å². The smallest absolute Gasteiger partial charge is 0.314 e. The molecule has 0 aliphatic rings. The molecule has 0 aliphatic carbocycles. The minimum absolute atomic E-state index is 0.146. The predicted molar refractivity (Wildman–Crippen MR) is 58.8 cm³/mol. The van der Waals surface area contributed by atoms with E-state index in [9.17, 15) is 19.3 Å². The van der Waals surface area contributed by atoms with Crippen LogP contribution in [0.5, 0.6) is 5.75 Å². The lowest BCUT2D eigenvalue weighted by molar-refractivity contribution is -0.386. The van der Waals surface area contributed by atoms with Gasteiger partial charge in [-0.2, -0.15) is 0 Å². The number of hydrogen-bond donors (Lipinski definition) is 0. The zero-order valence-electron chi connectivity index (χ0n) is 9.31. The number of benzene rings is 1. The number of hydrogen-bond acceptors (Lipinski definition) is 4. The Morgan fingerprint density at radius 2 is 2.24 bits per heavy atom. The van der Waals surface area contributed by atoms with Crippen LogP contribution in [-0.2, 0) is 0 Å². The van der Waals surface area contributed by atoms with Crippen molar-refractivity contribution in [1.29, 1.82) is 0 Å². The molecule has 1 rings (SSSR count). The van der Waals surface area contributed by atoms with Gasteiger partial charge in [-0.05, 0) is 12.5 Å².